The Labute approximate surface area is 802 Å². The summed E-state index contributed by atoms with van der Waals surface area (Å²) in [6, 6.07) is 0. The smallest absolute Gasteiger partial charge is 0.463 e. The molecule has 16 nitrogen and oxygen atoms in total. The fraction of sp³-hybridized carbons (Fsp3) is 0.708. The maximum absolute atomic E-state index is 13.2. The van der Waals surface area contributed by atoms with E-state index < -0.39 is 91.5 Å². The van der Waals surface area contributed by atoms with Crippen LogP contribution in [0, 0.1) is 0 Å². The van der Waals surface area contributed by atoms with Crippen LogP contribution in [-0.2, 0) is 55.8 Å². The number of hydrogen-bond donors (Lipinski definition) is 4. The maximum atomic E-state index is 13.2. The molecule has 0 rings (SSSR count). The van der Waals surface area contributed by atoms with Gasteiger partial charge < -0.3 is 34.2 Å². The van der Waals surface area contributed by atoms with E-state index in [1.807, 2.05) is 0 Å². The van der Waals surface area contributed by atoms with Crippen LogP contribution in [-0.4, -0.2) is 95.9 Å². The first-order valence-corrected chi connectivity index (χ1v) is 56.1. The number of phosphoric ester groups is 2. The van der Waals surface area contributed by atoms with Gasteiger partial charge in [-0.25, -0.2) is 9.13 Å². The second kappa shape index (κ2) is 104. The second-order valence-electron chi connectivity index (χ2n) is 35.3. The van der Waals surface area contributed by atoms with Crippen molar-refractivity contribution < 1.29 is 75.8 Å². The van der Waals surface area contributed by atoms with Gasteiger partial charge in [0.15, 0.2) is 6.10 Å². The van der Waals surface area contributed by atoms with Gasteiger partial charge in [-0.3, -0.25) is 32.5 Å². The monoisotopic (exact) mass is 1870 g/mol. The summed E-state index contributed by atoms with van der Waals surface area (Å²) in [5.74, 6) is -1.56. The number of phosphoric acid groups is 2. The summed E-state index contributed by atoms with van der Waals surface area (Å²) in [6.45, 7) is 2.51. The molecule has 0 heterocycles. The van der Waals surface area contributed by atoms with Crippen molar-refractivity contribution in [2.45, 2.75) is 476 Å². The van der Waals surface area contributed by atoms with Crippen LogP contribution in [0.4, 0.5) is 0 Å². The molecule has 0 aromatic rings. The summed E-state index contributed by atoms with van der Waals surface area (Å²) in [7, 11) is -9.82. The quantitative estimate of drug-likeness (QED) is 0.0146. The predicted octanol–water partition coefficient (Wildman–Crippen LogP) is 33.9. The van der Waals surface area contributed by atoms with Crippen LogP contribution in [0.2, 0.25) is 0 Å². The first kappa shape index (κ1) is 126. The number of hydrogen-bond acceptors (Lipinski definition) is 14. The molecule has 4 N–H and O–H groups in total. The highest BCUT2D eigenvalue weighted by molar-refractivity contribution is 7.47. The molecule has 18 heteroatoms. The molecule has 0 aromatic carbocycles. The van der Waals surface area contributed by atoms with E-state index >= 15 is 0 Å². The zero-order valence-corrected chi connectivity index (χ0v) is 85.2. The van der Waals surface area contributed by atoms with Crippen LogP contribution in [0.3, 0.4) is 0 Å². The van der Waals surface area contributed by atoms with E-state index in [1.165, 1.54) is 238 Å². The van der Waals surface area contributed by atoms with Crippen molar-refractivity contribution in [2.24, 2.45) is 0 Å². The summed E-state index contributed by atoms with van der Waals surface area (Å²) < 4.78 is 61.8. The number of aliphatic hydroxyl groups excluding tert-OH is 2. The Morgan fingerprint density at radius 1 is 0.221 bits per heavy atom. The lowest BCUT2D eigenvalue weighted by atomic mass is 10.0. The molecule has 0 radical (unpaired) electrons. The number of allylic oxidation sites excluding steroid dienone is 30. The molecule has 0 aliphatic carbocycles. The van der Waals surface area contributed by atoms with Crippen molar-refractivity contribution in [2.75, 3.05) is 39.6 Å². The summed E-state index contributed by atoms with van der Waals surface area (Å²) in [4.78, 5) is 59.3. The SMILES string of the molecule is CC/C=C\C/C=C\C/C=C\C/C=C\C/C=C\C/C=C\CCCCCCCCCCCCCCCCC(=O)OCC(O)COP(=O)(O)OCC(O)COP(=O)(O)OCC(COC(=O)CCCCCCCCCCCCCCCCC/C=C\C/C=C\C/C=C\C/C=C\C/C=C\CC)OC(=O)CCCCCCCCCCCCCCCCC/C=C\C/C=C\C/C=C\C/C=C\CCCCC. The van der Waals surface area contributed by atoms with E-state index in [4.69, 9.17) is 32.3 Å². The lowest BCUT2D eigenvalue weighted by Crippen LogP contribution is -2.30. The third-order valence-corrected chi connectivity index (χ3v) is 24.5. The fourth-order valence-electron chi connectivity index (χ4n) is 14.7. The van der Waals surface area contributed by atoms with Crippen molar-refractivity contribution in [1.29, 1.82) is 0 Å². The number of carbonyl (C=O) groups is 3. The molecule has 0 fully saturated rings. The molecule has 752 valence electrons. The lowest BCUT2D eigenvalue weighted by Gasteiger charge is -2.21. The molecule has 5 atom stereocenters. The number of ether oxygens (including phenoxy) is 3. The maximum Gasteiger partial charge on any atom is 0.472 e. The van der Waals surface area contributed by atoms with Gasteiger partial charge in [-0.2, -0.15) is 0 Å². The minimum atomic E-state index is -4.95. The van der Waals surface area contributed by atoms with Crippen LogP contribution < -0.4 is 0 Å². The van der Waals surface area contributed by atoms with E-state index in [0.717, 1.165) is 161 Å². The molecule has 0 aliphatic heterocycles. The molecular formula is C113H194O16P2. The van der Waals surface area contributed by atoms with Gasteiger partial charge in [-0.15, -0.1) is 0 Å². The number of esters is 3. The summed E-state index contributed by atoms with van der Waals surface area (Å²) in [6.07, 6.45) is 138. The van der Waals surface area contributed by atoms with E-state index in [2.05, 4.69) is 203 Å². The van der Waals surface area contributed by atoms with Crippen molar-refractivity contribution in [1.82, 2.24) is 0 Å². The molecule has 5 unspecified atom stereocenters. The minimum absolute atomic E-state index is 0.102. The number of carbonyl (C=O) groups excluding carboxylic acids is 3. The van der Waals surface area contributed by atoms with Gasteiger partial charge in [-0.1, -0.05) is 460 Å². The summed E-state index contributed by atoms with van der Waals surface area (Å²) in [5, 5.41) is 20.8. The highest BCUT2D eigenvalue weighted by Crippen LogP contribution is 2.45. The molecule has 0 aromatic heterocycles. The zero-order chi connectivity index (χ0) is 95.0. The average molecular weight is 1870 g/mol. The predicted molar refractivity (Wildman–Crippen MR) is 555 cm³/mol. The van der Waals surface area contributed by atoms with Crippen LogP contribution in [0.1, 0.15) is 457 Å². The van der Waals surface area contributed by atoms with Crippen molar-refractivity contribution in [3.8, 4) is 0 Å². The van der Waals surface area contributed by atoms with E-state index in [0.29, 0.717) is 19.3 Å². The van der Waals surface area contributed by atoms with Gasteiger partial charge in [0.1, 0.15) is 25.4 Å². The topological polar surface area (TPSA) is 231 Å². The van der Waals surface area contributed by atoms with Crippen LogP contribution in [0.25, 0.3) is 0 Å². The summed E-state index contributed by atoms with van der Waals surface area (Å²) in [5.41, 5.74) is 0. The van der Waals surface area contributed by atoms with Gasteiger partial charge in [0.25, 0.3) is 0 Å². The Morgan fingerprint density at radius 3 is 0.641 bits per heavy atom. The molecule has 0 saturated heterocycles. The van der Waals surface area contributed by atoms with Gasteiger partial charge in [0, 0.05) is 19.3 Å². The van der Waals surface area contributed by atoms with E-state index in [-0.39, 0.29) is 19.3 Å². The fourth-order valence-corrected chi connectivity index (χ4v) is 16.2. The minimum Gasteiger partial charge on any atom is -0.463 e. The Kier molecular flexibility index (Phi) is 99.3. The largest absolute Gasteiger partial charge is 0.472 e. The highest BCUT2D eigenvalue weighted by atomic mass is 31.2. The third kappa shape index (κ3) is 105. The van der Waals surface area contributed by atoms with E-state index in [1.54, 1.807) is 0 Å². The Balaban J connectivity index is 4.62. The van der Waals surface area contributed by atoms with Crippen molar-refractivity contribution in [3.05, 3.63) is 182 Å². The zero-order valence-electron chi connectivity index (χ0n) is 83.5. The first-order chi connectivity index (χ1) is 64.2. The van der Waals surface area contributed by atoms with Crippen molar-refractivity contribution in [3.63, 3.8) is 0 Å². The van der Waals surface area contributed by atoms with Crippen LogP contribution in [0.5, 0.6) is 0 Å². The molecular weight excluding hydrogens is 1680 g/mol. The third-order valence-electron chi connectivity index (χ3n) is 22.6. The standard InChI is InChI=1S/C113H194O16P2/c1-4-7-10-13-16-19-22-25-28-31-34-37-40-43-46-49-52-53-56-58-60-63-66-69-72-75-78-81-84-87-90-93-96-99-111(116)123-102-108(114)103-125-130(119,120)126-104-109(115)105-127-131(121,122)128-107-110(129-113(118)101-98-95-92-89-86-83-80-77-74-71-68-65-62-59-55-51-48-45-42-39-36-33-30-27-24-21-18-15-12-9-6-3)106-124-112(117)100-97-94-91-88-85-82-79-76-73-70-67-64-61-57-54-50-47-44-41-38-35-32-29-26-23-20-17-14-11-8-5-2/h7-8,10-11,16-21,25-30,34-39,43-48,52-53,108-110,114-115H,4-6,9,12-15,22-24,31-33,40-42,49-51,54-107H2,1-3H3,(H,119,120)(H,121,122)/b10-7-,11-8-,19-16-,20-17-,21-18-,28-25-,29-26-,30-27-,37-34-,38-35-,39-36-,46-43-,47-44-,48-45-,53-52-. The normalized spacial score (nSPS) is 14.3. The van der Waals surface area contributed by atoms with Crippen molar-refractivity contribution >= 4 is 33.6 Å². The molecule has 0 saturated carbocycles. The molecule has 0 bridgehead atoms. The lowest BCUT2D eigenvalue weighted by molar-refractivity contribution is -0.161. The molecule has 0 amide bonds. The van der Waals surface area contributed by atoms with Crippen LogP contribution >= 0.6 is 15.6 Å². The molecule has 0 aliphatic rings. The molecule has 131 heavy (non-hydrogen) atoms. The number of unbranched alkanes of at least 4 members (excludes halogenated alkanes) is 47. The Morgan fingerprint density at radius 2 is 0.405 bits per heavy atom. The number of rotatable bonds is 100. The number of aliphatic hydroxyl groups is 2. The van der Waals surface area contributed by atoms with E-state index in [9.17, 15) is 43.5 Å². The first-order valence-electron chi connectivity index (χ1n) is 53.1. The van der Waals surface area contributed by atoms with Gasteiger partial charge >= 0.3 is 33.6 Å². The van der Waals surface area contributed by atoms with Crippen LogP contribution in [0.15, 0.2) is 182 Å². The molecule has 0 spiro atoms. The second-order valence-corrected chi connectivity index (χ2v) is 38.2. The van der Waals surface area contributed by atoms with Gasteiger partial charge in [0.05, 0.1) is 26.4 Å². The highest BCUT2D eigenvalue weighted by Gasteiger charge is 2.30. The van der Waals surface area contributed by atoms with Gasteiger partial charge in [0.2, 0.25) is 0 Å². The average Bonchev–Trinajstić information content (AvgIpc) is 0.891. The summed E-state index contributed by atoms with van der Waals surface area (Å²) >= 11 is 0. The Hall–Kier alpha value is -5.35. The van der Waals surface area contributed by atoms with Gasteiger partial charge in [-0.05, 0) is 161 Å². The Bertz CT molecular complexity index is 3110.